The SMILES string of the molecule is O=C(O)c1ccnc(N2C3CCC2C2C(C3)C2OCc2c(-c3ccccc3C(F)(F)F)noc2C2CC2)n1. The first-order valence-corrected chi connectivity index (χ1v) is 12.9. The van der Waals surface area contributed by atoms with Crippen LogP contribution in [0.25, 0.3) is 11.3 Å². The molecule has 38 heavy (non-hydrogen) atoms. The Morgan fingerprint density at radius 1 is 1.16 bits per heavy atom. The van der Waals surface area contributed by atoms with Crippen molar-refractivity contribution in [2.75, 3.05) is 4.90 Å². The summed E-state index contributed by atoms with van der Waals surface area (Å²) in [6, 6.07) is 7.18. The van der Waals surface area contributed by atoms with Crippen LogP contribution < -0.4 is 4.90 Å². The number of hydrogen-bond acceptors (Lipinski definition) is 7. The van der Waals surface area contributed by atoms with Crippen LogP contribution in [0.1, 0.15) is 65.4 Å². The number of carbonyl (C=O) groups is 1. The molecule has 5 unspecified atom stereocenters. The Labute approximate surface area is 215 Å². The average Bonchev–Trinajstić information content (AvgIpc) is 3.79. The van der Waals surface area contributed by atoms with Crippen molar-refractivity contribution in [3.05, 3.63) is 59.1 Å². The van der Waals surface area contributed by atoms with E-state index in [-0.39, 0.29) is 53.6 Å². The molecule has 1 aromatic carbocycles. The number of carboxylic acid groups (broad SMARTS) is 1. The van der Waals surface area contributed by atoms with Crippen LogP contribution in [0.5, 0.6) is 0 Å². The Balaban J connectivity index is 1.13. The molecule has 2 aromatic heterocycles. The minimum atomic E-state index is -4.51. The molecule has 0 spiro atoms. The smallest absolute Gasteiger partial charge is 0.417 e. The Morgan fingerprint density at radius 2 is 1.97 bits per heavy atom. The van der Waals surface area contributed by atoms with Gasteiger partial charge < -0.3 is 19.3 Å². The molecule has 2 bridgehead atoms. The van der Waals surface area contributed by atoms with Gasteiger partial charge in [-0.3, -0.25) is 0 Å². The summed E-state index contributed by atoms with van der Waals surface area (Å²) in [6.07, 6.45) is 1.58. The topological polar surface area (TPSA) is 102 Å². The molecular formula is C27H25F3N4O4. The summed E-state index contributed by atoms with van der Waals surface area (Å²) in [6.45, 7) is 0.136. The van der Waals surface area contributed by atoms with E-state index in [2.05, 4.69) is 20.0 Å². The number of halogens is 3. The molecule has 198 valence electrons. The van der Waals surface area contributed by atoms with E-state index in [0.29, 0.717) is 23.2 Å². The number of piperidine rings is 1. The van der Waals surface area contributed by atoms with Crippen molar-refractivity contribution in [3.63, 3.8) is 0 Å². The Morgan fingerprint density at radius 3 is 2.74 bits per heavy atom. The van der Waals surface area contributed by atoms with Gasteiger partial charge in [-0.05, 0) is 50.2 Å². The fourth-order valence-electron chi connectivity index (χ4n) is 6.59. The first-order valence-electron chi connectivity index (χ1n) is 12.9. The predicted molar refractivity (Wildman–Crippen MR) is 127 cm³/mol. The van der Waals surface area contributed by atoms with Crippen molar-refractivity contribution >= 4 is 11.9 Å². The third-order valence-corrected chi connectivity index (χ3v) is 8.46. The molecule has 3 aromatic rings. The van der Waals surface area contributed by atoms with E-state index >= 15 is 0 Å². The third-order valence-electron chi connectivity index (χ3n) is 8.46. The number of aromatic carboxylic acids is 1. The fourth-order valence-corrected chi connectivity index (χ4v) is 6.59. The van der Waals surface area contributed by atoms with Gasteiger partial charge in [-0.25, -0.2) is 14.8 Å². The van der Waals surface area contributed by atoms with E-state index in [4.69, 9.17) is 9.26 Å². The summed E-state index contributed by atoms with van der Waals surface area (Å²) in [5, 5.41) is 13.4. The summed E-state index contributed by atoms with van der Waals surface area (Å²) in [4.78, 5) is 22.2. The molecule has 2 saturated heterocycles. The van der Waals surface area contributed by atoms with Gasteiger partial charge in [-0.2, -0.15) is 13.2 Å². The number of rotatable bonds is 7. The van der Waals surface area contributed by atoms with Crippen LogP contribution in [0.3, 0.4) is 0 Å². The highest BCUT2D eigenvalue weighted by atomic mass is 19.4. The van der Waals surface area contributed by atoms with Gasteiger partial charge in [0.05, 0.1) is 18.3 Å². The first kappa shape index (κ1) is 23.6. The molecule has 7 rings (SSSR count). The number of alkyl halides is 3. The van der Waals surface area contributed by atoms with Gasteiger partial charge in [-0.15, -0.1) is 0 Å². The van der Waals surface area contributed by atoms with E-state index in [0.717, 1.165) is 38.2 Å². The summed E-state index contributed by atoms with van der Waals surface area (Å²) in [5.74, 6) is 0.721. The summed E-state index contributed by atoms with van der Waals surface area (Å²) < 4.78 is 53.3. The van der Waals surface area contributed by atoms with Crippen molar-refractivity contribution in [2.45, 2.75) is 69.0 Å². The number of aromatic nitrogens is 3. The highest BCUT2D eigenvalue weighted by Gasteiger charge is 2.63. The minimum absolute atomic E-state index is 0.00292. The van der Waals surface area contributed by atoms with Gasteiger partial charge in [0, 0.05) is 41.2 Å². The molecular weight excluding hydrogens is 501 g/mol. The fraction of sp³-hybridized carbons (Fsp3) is 0.481. The second-order valence-electron chi connectivity index (χ2n) is 10.7. The lowest BCUT2D eigenvalue weighted by atomic mass is 9.99. The Bertz CT molecular complexity index is 1400. The average molecular weight is 527 g/mol. The zero-order valence-corrected chi connectivity index (χ0v) is 20.3. The molecule has 0 radical (unpaired) electrons. The molecule has 4 aliphatic rings. The standard InChI is InChI=1S/C27H25F3N4O4/c28-27(29,30)18-4-2-1-3-15(18)22-17(23(38-33-22)13-5-6-13)12-37-24-16-11-14-7-8-20(21(16)24)34(14)26-31-10-9-19(32-26)25(35)36/h1-4,9-10,13-14,16,20-21,24H,5-8,11-12H2,(H,35,36). The predicted octanol–water partition coefficient (Wildman–Crippen LogP) is 5.30. The summed E-state index contributed by atoms with van der Waals surface area (Å²) >= 11 is 0. The quantitative estimate of drug-likeness (QED) is 0.443. The monoisotopic (exact) mass is 526 g/mol. The van der Waals surface area contributed by atoms with Crippen LogP contribution in [0.15, 0.2) is 41.1 Å². The van der Waals surface area contributed by atoms with Crippen LogP contribution in [0.2, 0.25) is 0 Å². The number of nitrogens with zero attached hydrogens (tertiary/aromatic N) is 4. The Hall–Kier alpha value is -3.47. The van der Waals surface area contributed by atoms with Gasteiger partial charge in [0.1, 0.15) is 11.5 Å². The first-order chi connectivity index (χ1) is 18.3. The van der Waals surface area contributed by atoms with E-state index in [9.17, 15) is 23.1 Å². The second kappa shape index (κ2) is 8.52. The van der Waals surface area contributed by atoms with E-state index in [1.807, 2.05) is 0 Å². The van der Waals surface area contributed by atoms with Crippen LogP contribution in [-0.2, 0) is 17.5 Å². The van der Waals surface area contributed by atoms with E-state index in [1.54, 1.807) is 6.07 Å². The molecule has 2 saturated carbocycles. The maximum absolute atomic E-state index is 13.8. The molecule has 11 heteroatoms. The zero-order chi connectivity index (χ0) is 26.2. The molecule has 1 N–H and O–H groups in total. The molecule has 0 amide bonds. The second-order valence-corrected chi connectivity index (χ2v) is 10.7. The van der Waals surface area contributed by atoms with Crippen molar-refractivity contribution in [2.24, 2.45) is 11.8 Å². The van der Waals surface area contributed by atoms with Crippen LogP contribution in [0, 0.1) is 11.8 Å². The highest BCUT2D eigenvalue weighted by molar-refractivity contribution is 5.85. The molecule has 8 nitrogen and oxygen atoms in total. The van der Waals surface area contributed by atoms with E-state index in [1.165, 1.54) is 24.4 Å². The van der Waals surface area contributed by atoms with Gasteiger partial charge in [-0.1, -0.05) is 23.4 Å². The Kier molecular flexibility index (Phi) is 5.30. The summed E-state index contributed by atoms with van der Waals surface area (Å²) in [7, 11) is 0. The van der Waals surface area contributed by atoms with Gasteiger partial charge in [0.2, 0.25) is 5.95 Å². The molecule has 2 aliphatic carbocycles. The highest BCUT2D eigenvalue weighted by Crippen LogP contribution is 2.58. The zero-order valence-electron chi connectivity index (χ0n) is 20.3. The number of hydrogen-bond donors (Lipinski definition) is 1. The lowest BCUT2D eigenvalue weighted by Crippen LogP contribution is -2.42. The number of carboxylic acids is 1. The molecule has 4 heterocycles. The molecule has 2 aliphatic heterocycles. The van der Waals surface area contributed by atoms with Crippen molar-refractivity contribution in [1.29, 1.82) is 0 Å². The van der Waals surface area contributed by atoms with Crippen molar-refractivity contribution < 1.29 is 32.3 Å². The van der Waals surface area contributed by atoms with Crippen LogP contribution in [0.4, 0.5) is 19.1 Å². The van der Waals surface area contributed by atoms with Gasteiger partial charge >= 0.3 is 12.1 Å². The third kappa shape index (κ3) is 3.86. The number of fused-ring (bicyclic) bond motifs is 4. The van der Waals surface area contributed by atoms with Crippen molar-refractivity contribution in [3.8, 4) is 11.3 Å². The molecule has 5 atom stereocenters. The summed E-state index contributed by atoms with van der Waals surface area (Å²) in [5.41, 5.74) is 0.0290. The van der Waals surface area contributed by atoms with Crippen LogP contribution >= 0.6 is 0 Å². The van der Waals surface area contributed by atoms with Gasteiger partial charge in [0.15, 0.2) is 5.69 Å². The maximum atomic E-state index is 13.8. The van der Waals surface area contributed by atoms with Gasteiger partial charge in [0.25, 0.3) is 0 Å². The number of ether oxygens (including phenoxy) is 1. The van der Waals surface area contributed by atoms with E-state index < -0.39 is 17.7 Å². The lowest BCUT2D eigenvalue weighted by molar-refractivity contribution is -0.137. The molecule has 4 fully saturated rings. The normalized spacial score (nSPS) is 27.9. The van der Waals surface area contributed by atoms with Crippen LogP contribution in [-0.4, -0.2) is 44.4 Å². The van der Waals surface area contributed by atoms with Crippen molar-refractivity contribution in [1.82, 2.24) is 15.1 Å². The number of benzene rings is 1. The largest absolute Gasteiger partial charge is 0.477 e. The minimum Gasteiger partial charge on any atom is -0.477 e. The lowest BCUT2D eigenvalue weighted by Gasteiger charge is -2.34. The number of anilines is 1. The maximum Gasteiger partial charge on any atom is 0.417 e.